The minimum atomic E-state index is -1.95. The molecule has 5 aliphatic heterocycles. The average molecular weight is 1290 g/mol. The first-order chi connectivity index (χ1) is 41.6. The number of hydrogen-bond donors (Lipinski definition) is 18. The summed E-state index contributed by atoms with van der Waals surface area (Å²) in [6.45, 7) is 14.6. The van der Waals surface area contributed by atoms with Gasteiger partial charge in [0.05, 0.1) is 63.1 Å². The zero-order valence-corrected chi connectivity index (χ0v) is 52.4. The molecule has 4 aliphatic carbocycles. The van der Waals surface area contributed by atoms with Gasteiger partial charge in [0, 0.05) is 16.7 Å². The molecule has 0 spiro atoms. The standard InChI is InChI=1S/C61H104O28/c1-24(10-14-37(58(5,6)79)88-56-51(89-55-50(78)45(73)41(69)31(21-64)84-55)47(75)43(71)33(86-56)23-81-53-48(76)44(72)40(68)30(20-63)83-53)26-16-17-59(7)34-13-11-27-28(61(34,9)35(65)18-60(26,59)8)12-15-36(57(27,3)4)87-54-49(77)46(74)42(70)32(85-54)22-80-52-25(2)38(66)39(67)29(19-62)82-52/h11,24-26,28-56,62-79H,10,12-23H2,1-9H3/t24-,25-,26-,28-,29+,30-,31-,32-,33-,34+,35-,36+,37-,38-,39-,40-,41-,42-,43-,44+,45+,46+,47+,48-,49-,50-,51-,52-,53-,54+,55+,56+,59+,60-,61+/m1/s1. The molecule has 9 aliphatic rings. The summed E-state index contributed by atoms with van der Waals surface area (Å²) in [4.78, 5) is 0. The number of aliphatic hydroxyl groups is 18. The fourth-order valence-electron chi connectivity index (χ4n) is 17.2. The van der Waals surface area contributed by atoms with E-state index < -0.39 is 215 Å². The van der Waals surface area contributed by atoms with E-state index in [1.165, 1.54) is 13.8 Å². The van der Waals surface area contributed by atoms with Crippen molar-refractivity contribution in [1.29, 1.82) is 0 Å². The number of rotatable bonds is 20. The van der Waals surface area contributed by atoms with Crippen LogP contribution in [0.25, 0.3) is 0 Å². The minimum absolute atomic E-state index is 0.0265. The molecule has 0 aromatic carbocycles. The van der Waals surface area contributed by atoms with Crippen LogP contribution < -0.4 is 0 Å². The second-order valence-electron chi connectivity index (χ2n) is 29.1. The van der Waals surface area contributed by atoms with Crippen molar-refractivity contribution in [2.75, 3.05) is 33.0 Å². The maximum absolute atomic E-state index is 12.9. The molecular weight excluding hydrogens is 1180 g/mol. The van der Waals surface area contributed by atoms with E-state index in [2.05, 4.69) is 47.6 Å². The molecular formula is C61H104O28. The van der Waals surface area contributed by atoms with Crippen LogP contribution in [0.15, 0.2) is 11.6 Å². The Morgan fingerprint density at radius 2 is 1.01 bits per heavy atom. The van der Waals surface area contributed by atoms with E-state index in [9.17, 15) is 91.9 Å². The van der Waals surface area contributed by atoms with Crippen LogP contribution in [0.2, 0.25) is 0 Å². The van der Waals surface area contributed by atoms with Crippen molar-refractivity contribution < 1.29 is 139 Å². The Morgan fingerprint density at radius 3 is 1.57 bits per heavy atom. The summed E-state index contributed by atoms with van der Waals surface area (Å²) < 4.78 is 60.0. The average Bonchev–Trinajstić information content (AvgIpc) is 1.66. The summed E-state index contributed by atoms with van der Waals surface area (Å²) >= 11 is 0. The monoisotopic (exact) mass is 1280 g/mol. The van der Waals surface area contributed by atoms with Crippen LogP contribution in [0.3, 0.4) is 0 Å². The molecule has 8 fully saturated rings. The normalized spacial score (nSPS) is 51.8. The highest BCUT2D eigenvalue weighted by Gasteiger charge is 2.70. The van der Waals surface area contributed by atoms with Gasteiger partial charge in [-0.1, -0.05) is 60.1 Å². The van der Waals surface area contributed by atoms with Gasteiger partial charge < -0.3 is 139 Å². The molecule has 5 saturated heterocycles. The Kier molecular flexibility index (Phi) is 22.3. The molecule has 0 radical (unpaired) electrons. The van der Waals surface area contributed by atoms with Gasteiger partial charge in [-0.3, -0.25) is 0 Å². The number of fused-ring (bicyclic) bond motifs is 5. The van der Waals surface area contributed by atoms with Crippen LogP contribution in [0, 0.1) is 51.2 Å². The van der Waals surface area contributed by atoms with Crippen LogP contribution in [0.4, 0.5) is 0 Å². The van der Waals surface area contributed by atoms with Gasteiger partial charge >= 0.3 is 0 Å². The van der Waals surface area contributed by atoms with Gasteiger partial charge in [-0.25, -0.2) is 0 Å². The van der Waals surface area contributed by atoms with Crippen molar-refractivity contribution in [1.82, 2.24) is 0 Å². The highest BCUT2D eigenvalue weighted by molar-refractivity contribution is 5.32. The predicted octanol–water partition coefficient (Wildman–Crippen LogP) is -4.13. The third-order valence-electron chi connectivity index (χ3n) is 23.2. The highest BCUT2D eigenvalue weighted by Crippen LogP contribution is 2.75. The quantitative estimate of drug-likeness (QED) is 0.0515. The van der Waals surface area contributed by atoms with E-state index in [-0.39, 0.29) is 47.5 Å². The molecule has 0 bridgehead atoms. The predicted molar refractivity (Wildman–Crippen MR) is 303 cm³/mol. The molecule has 3 saturated carbocycles. The molecule has 9 rings (SSSR count). The van der Waals surface area contributed by atoms with Crippen molar-refractivity contribution in [2.24, 2.45) is 51.2 Å². The molecule has 516 valence electrons. The van der Waals surface area contributed by atoms with Gasteiger partial charge in [0.2, 0.25) is 0 Å². The van der Waals surface area contributed by atoms with Crippen LogP contribution in [-0.4, -0.2) is 296 Å². The SMILES string of the molecule is C[C@H]1[C@H](OC[C@H]2O[C@@H](O[C@H]3CC[C@@H]4C(=CC[C@@H]5[C@@]4(C)[C@H](O)C[C@]4(C)[C@@H]([C@H](C)CC[C@@H](O[C@@H]6O[C@H](CO[C@@H]7O[C@H](CO)[C@@H](O)[C@H](O)[C@H]7O)[C@@H](O)[C@H](O)[C@H]6O[C@@H]6O[C@H](CO)[C@@H](O)[C@H](O)[C@H]6O)C(C)(C)O)CC[C@@]54C)C3(C)C)[C@H](O)[C@@H](O)[C@@H]2O)O[C@@H](CO)[C@@H](O)[C@@H]1O. The van der Waals surface area contributed by atoms with Gasteiger partial charge in [-0.15, -0.1) is 0 Å². The fraction of sp³-hybridized carbons (Fsp3) is 0.967. The first-order valence-electron chi connectivity index (χ1n) is 31.9. The summed E-state index contributed by atoms with van der Waals surface area (Å²) in [6, 6.07) is 0. The summed E-state index contributed by atoms with van der Waals surface area (Å²) in [7, 11) is 0. The molecule has 0 aromatic rings. The largest absolute Gasteiger partial charge is 0.394 e. The lowest BCUT2D eigenvalue weighted by molar-refractivity contribution is -0.380. The summed E-state index contributed by atoms with van der Waals surface area (Å²) in [5.74, 6) is -0.684. The lowest BCUT2D eigenvalue weighted by Gasteiger charge is -2.67. The Morgan fingerprint density at radius 1 is 0.539 bits per heavy atom. The fourth-order valence-corrected chi connectivity index (χ4v) is 17.2. The second-order valence-corrected chi connectivity index (χ2v) is 29.1. The van der Waals surface area contributed by atoms with Crippen LogP contribution in [0.1, 0.15) is 114 Å². The molecule has 28 heteroatoms. The molecule has 35 atom stereocenters. The highest BCUT2D eigenvalue weighted by atomic mass is 16.8. The molecule has 5 heterocycles. The van der Waals surface area contributed by atoms with Crippen LogP contribution in [0.5, 0.6) is 0 Å². The van der Waals surface area contributed by atoms with Crippen LogP contribution >= 0.6 is 0 Å². The van der Waals surface area contributed by atoms with Crippen molar-refractivity contribution in [3.05, 3.63) is 11.6 Å². The zero-order chi connectivity index (χ0) is 65.5. The number of hydrogen-bond acceptors (Lipinski definition) is 28. The minimum Gasteiger partial charge on any atom is -0.394 e. The van der Waals surface area contributed by atoms with E-state index in [0.29, 0.717) is 32.1 Å². The third kappa shape index (κ3) is 13.1. The molecule has 18 N–H and O–H groups in total. The number of aliphatic hydroxyl groups excluding tert-OH is 17. The summed E-state index contributed by atoms with van der Waals surface area (Å²) in [6.07, 6.45) is -33.7. The molecule has 0 amide bonds. The molecule has 0 aromatic heterocycles. The first-order valence-corrected chi connectivity index (χ1v) is 31.9. The van der Waals surface area contributed by atoms with Gasteiger partial charge in [0.25, 0.3) is 0 Å². The number of allylic oxidation sites excluding steroid dienone is 1. The zero-order valence-electron chi connectivity index (χ0n) is 52.4. The Bertz CT molecular complexity index is 2340. The Hall–Kier alpha value is -1.38. The second kappa shape index (κ2) is 27.6. The van der Waals surface area contributed by atoms with Crippen molar-refractivity contribution in [3.63, 3.8) is 0 Å². The van der Waals surface area contributed by atoms with E-state index in [0.717, 1.165) is 18.4 Å². The van der Waals surface area contributed by atoms with Gasteiger partial charge in [0.15, 0.2) is 31.5 Å². The first kappa shape index (κ1) is 71.9. The summed E-state index contributed by atoms with van der Waals surface area (Å²) in [5, 5.41) is 195. The van der Waals surface area contributed by atoms with Crippen molar-refractivity contribution in [3.8, 4) is 0 Å². The van der Waals surface area contributed by atoms with E-state index in [4.69, 9.17) is 47.4 Å². The lowest BCUT2D eigenvalue weighted by Crippen LogP contribution is -2.65. The third-order valence-corrected chi connectivity index (χ3v) is 23.2. The summed E-state index contributed by atoms with van der Waals surface area (Å²) in [5.41, 5.74) is -2.37. The van der Waals surface area contributed by atoms with Gasteiger partial charge in [0.1, 0.15) is 110 Å². The Labute approximate surface area is 518 Å². The van der Waals surface area contributed by atoms with Gasteiger partial charge in [-0.05, 0) is 99.7 Å². The molecule has 0 unspecified atom stereocenters. The van der Waals surface area contributed by atoms with Crippen molar-refractivity contribution >= 4 is 0 Å². The lowest BCUT2D eigenvalue weighted by atomic mass is 9.38. The van der Waals surface area contributed by atoms with E-state index in [1.54, 1.807) is 6.92 Å². The number of ether oxygens (including phenoxy) is 10. The van der Waals surface area contributed by atoms with Crippen LogP contribution in [-0.2, 0) is 47.4 Å². The maximum Gasteiger partial charge on any atom is 0.187 e. The van der Waals surface area contributed by atoms with E-state index in [1.807, 2.05) is 0 Å². The van der Waals surface area contributed by atoms with Crippen molar-refractivity contribution in [2.45, 2.75) is 285 Å². The maximum atomic E-state index is 12.9. The smallest absolute Gasteiger partial charge is 0.187 e. The van der Waals surface area contributed by atoms with E-state index >= 15 is 0 Å². The molecule has 28 nitrogen and oxygen atoms in total. The van der Waals surface area contributed by atoms with Gasteiger partial charge in [-0.2, -0.15) is 0 Å². The molecule has 89 heavy (non-hydrogen) atoms. The topological polar surface area (TPSA) is 456 Å². The Balaban J connectivity index is 0.883.